The normalized spacial score (nSPS) is 24.3. The van der Waals surface area contributed by atoms with Gasteiger partial charge in [0, 0.05) is 19.5 Å². The quantitative estimate of drug-likeness (QED) is 0.845. The fraction of sp³-hybridized carbons (Fsp3) is 0.500. The van der Waals surface area contributed by atoms with Gasteiger partial charge in [0.15, 0.2) is 11.5 Å². The molecule has 2 unspecified atom stereocenters. The molecule has 0 radical (unpaired) electrons. The molecule has 0 aromatic heterocycles. The molecule has 21 heavy (non-hydrogen) atoms. The SMILES string of the molecule is COC(=O)C1CC(O)CN1Cc1cc(Cl)c2c(c1)OCO2. The number of hydrogen-bond donors (Lipinski definition) is 1. The minimum atomic E-state index is -0.529. The van der Waals surface area contributed by atoms with E-state index in [4.69, 9.17) is 25.8 Å². The molecule has 0 aliphatic carbocycles. The molecule has 2 heterocycles. The van der Waals surface area contributed by atoms with E-state index in [9.17, 15) is 9.90 Å². The van der Waals surface area contributed by atoms with Crippen molar-refractivity contribution < 1.29 is 24.1 Å². The first-order valence-corrected chi connectivity index (χ1v) is 7.04. The van der Waals surface area contributed by atoms with Crippen LogP contribution in [-0.4, -0.2) is 48.6 Å². The zero-order chi connectivity index (χ0) is 15.0. The number of likely N-dealkylation sites (tertiary alicyclic amines) is 1. The van der Waals surface area contributed by atoms with E-state index in [0.717, 1.165) is 5.56 Å². The molecule has 1 fully saturated rings. The molecule has 2 aliphatic rings. The topological polar surface area (TPSA) is 68.2 Å². The third-order valence-electron chi connectivity index (χ3n) is 3.73. The number of halogens is 1. The van der Waals surface area contributed by atoms with E-state index in [1.807, 2.05) is 11.0 Å². The molecule has 1 saturated heterocycles. The Bertz CT molecular complexity index is 565. The Morgan fingerprint density at radius 3 is 3.10 bits per heavy atom. The number of aliphatic hydroxyl groups is 1. The third kappa shape index (κ3) is 2.79. The lowest BCUT2D eigenvalue weighted by Crippen LogP contribution is -2.36. The molecule has 0 saturated carbocycles. The van der Waals surface area contributed by atoms with Gasteiger partial charge < -0.3 is 19.3 Å². The van der Waals surface area contributed by atoms with E-state index >= 15 is 0 Å². The van der Waals surface area contributed by atoms with Crippen molar-refractivity contribution in [3.63, 3.8) is 0 Å². The zero-order valence-electron chi connectivity index (χ0n) is 11.5. The number of fused-ring (bicyclic) bond motifs is 1. The van der Waals surface area contributed by atoms with Gasteiger partial charge in [-0.2, -0.15) is 0 Å². The summed E-state index contributed by atoms with van der Waals surface area (Å²) in [5, 5.41) is 10.3. The van der Waals surface area contributed by atoms with Crippen LogP contribution in [0.1, 0.15) is 12.0 Å². The number of esters is 1. The second-order valence-electron chi connectivity index (χ2n) is 5.17. The molecule has 3 rings (SSSR count). The number of nitrogens with zero attached hydrogens (tertiary/aromatic N) is 1. The fourth-order valence-electron chi connectivity index (χ4n) is 2.78. The minimum absolute atomic E-state index is 0.158. The molecule has 114 valence electrons. The van der Waals surface area contributed by atoms with Crippen LogP contribution in [0.5, 0.6) is 11.5 Å². The smallest absolute Gasteiger partial charge is 0.323 e. The van der Waals surface area contributed by atoms with Crippen molar-refractivity contribution in [2.75, 3.05) is 20.4 Å². The predicted octanol–water partition coefficient (Wildman–Crippen LogP) is 1.18. The maximum absolute atomic E-state index is 11.8. The maximum Gasteiger partial charge on any atom is 0.323 e. The Morgan fingerprint density at radius 1 is 1.52 bits per heavy atom. The summed E-state index contributed by atoms with van der Waals surface area (Å²) >= 11 is 6.15. The first kappa shape index (κ1) is 14.4. The molecule has 0 bridgehead atoms. The van der Waals surface area contributed by atoms with Crippen LogP contribution in [-0.2, 0) is 16.1 Å². The van der Waals surface area contributed by atoms with E-state index in [-0.39, 0.29) is 12.8 Å². The highest BCUT2D eigenvalue weighted by Gasteiger charge is 2.36. The van der Waals surface area contributed by atoms with Crippen LogP contribution in [0.4, 0.5) is 0 Å². The lowest BCUT2D eigenvalue weighted by atomic mass is 10.1. The summed E-state index contributed by atoms with van der Waals surface area (Å²) in [4.78, 5) is 13.6. The number of rotatable bonds is 3. The van der Waals surface area contributed by atoms with Gasteiger partial charge in [0.2, 0.25) is 6.79 Å². The standard InChI is InChI=1S/C14H16ClNO5/c1-19-14(18)11-4-9(17)6-16(11)5-8-2-10(15)13-12(3-8)20-7-21-13/h2-3,9,11,17H,4-7H2,1H3. The number of ether oxygens (including phenoxy) is 3. The Kier molecular flexibility index (Phi) is 3.93. The average Bonchev–Trinajstić information content (AvgIpc) is 3.05. The molecular formula is C14H16ClNO5. The zero-order valence-corrected chi connectivity index (χ0v) is 12.3. The first-order valence-electron chi connectivity index (χ1n) is 6.66. The Morgan fingerprint density at radius 2 is 2.33 bits per heavy atom. The van der Waals surface area contributed by atoms with Crippen molar-refractivity contribution in [2.24, 2.45) is 0 Å². The fourth-order valence-corrected chi connectivity index (χ4v) is 3.07. The minimum Gasteiger partial charge on any atom is -0.468 e. The molecule has 2 aliphatic heterocycles. The van der Waals surface area contributed by atoms with Crippen molar-refractivity contribution in [3.05, 3.63) is 22.7 Å². The molecule has 0 spiro atoms. The van der Waals surface area contributed by atoms with E-state index < -0.39 is 12.1 Å². The number of β-amino-alcohol motifs (C(OH)–C–C–N with tert-alkyl or cyclic N) is 1. The Hall–Kier alpha value is -1.50. The summed E-state index contributed by atoms with van der Waals surface area (Å²) in [6, 6.07) is 3.19. The average molecular weight is 314 g/mol. The van der Waals surface area contributed by atoms with Gasteiger partial charge in [0.05, 0.1) is 18.2 Å². The number of benzene rings is 1. The summed E-state index contributed by atoms with van der Waals surface area (Å²) < 4.78 is 15.4. The summed E-state index contributed by atoms with van der Waals surface area (Å²) in [5.74, 6) is 0.816. The van der Waals surface area contributed by atoms with Crippen LogP contribution in [0.3, 0.4) is 0 Å². The van der Waals surface area contributed by atoms with Crippen LogP contribution in [0.15, 0.2) is 12.1 Å². The maximum atomic E-state index is 11.8. The highest BCUT2D eigenvalue weighted by atomic mass is 35.5. The lowest BCUT2D eigenvalue weighted by molar-refractivity contribution is -0.146. The second-order valence-corrected chi connectivity index (χ2v) is 5.58. The molecule has 6 nitrogen and oxygen atoms in total. The van der Waals surface area contributed by atoms with E-state index in [1.54, 1.807) is 6.07 Å². The lowest BCUT2D eigenvalue weighted by Gasteiger charge is -2.22. The van der Waals surface area contributed by atoms with Crippen LogP contribution < -0.4 is 9.47 Å². The van der Waals surface area contributed by atoms with Gasteiger partial charge in [0.1, 0.15) is 6.04 Å². The van der Waals surface area contributed by atoms with E-state index in [1.165, 1.54) is 7.11 Å². The summed E-state index contributed by atoms with van der Waals surface area (Å²) in [6.45, 7) is 1.06. The van der Waals surface area contributed by atoms with Crippen molar-refractivity contribution in [2.45, 2.75) is 25.1 Å². The van der Waals surface area contributed by atoms with Crippen molar-refractivity contribution in [3.8, 4) is 11.5 Å². The molecule has 7 heteroatoms. The largest absolute Gasteiger partial charge is 0.468 e. The number of hydrogen-bond acceptors (Lipinski definition) is 6. The van der Waals surface area contributed by atoms with Crippen molar-refractivity contribution >= 4 is 17.6 Å². The monoisotopic (exact) mass is 313 g/mol. The molecule has 1 aromatic rings. The molecule has 2 atom stereocenters. The second kappa shape index (κ2) is 5.71. The van der Waals surface area contributed by atoms with Gasteiger partial charge in [-0.1, -0.05) is 11.6 Å². The number of methoxy groups -OCH3 is 1. The van der Waals surface area contributed by atoms with Gasteiger partial charge in [-0.15, -0.1) is 0 Å². The van der Waals surface area contributed by atoms with Gasteiger partial charge >= 0.3 is 5.97 Å². The van der Waals surface area contributed by atoms with Crippen molar-refractivity contribution in [1.29, 1.82) is 0 Å². The van der Waals surface area contributed by atoms with Crippen LogP contribution in [0.25, 0.3) is 0 Å². The third-order valence-corrected chi connectivity index (χ3v) is 4.01. The Balaban J connectivity index is 1.79. The summed E-state index contributed by atoms with van der Waals surface area (Å²) in [7, 11) is 1.35. The highest BCUT2D eigenvalue weighted by molar-refractivity contribution is 6.32. The molecular weight excluding hydrogens is 298 g/mol. The first-order chi connectivity index (χ1) is 10.1. The van der Waals surface area contributed by atoms with Crippen molar-refractivity contribution in [1.82, 2.24) is 4.90 Å². The highest BCUT2D eigenvalue weighted by Crippen LogP contribution is 2.40. The molecule has 1 aromatic carbocycles. The van der Waals surface area contributed by atoms with Crippen LogP contribution in [0.2, 0.25) is 5.02 Å². The Labute approximate surface area is 127 Å². The number of carbonyl (C=O) groups is 1. The summed E-state index contributed by atoms with van der Waals surface area (Å²) in [6.07, 6.45) is -0.149. The molecule has 0 amide bonds. The number of aliphatic hydroxyl groups excluding tert-OH is 1. The van der Waals surface area contributed by atoms with Crippen LogP contribution in [0, 0.1) is 0 Å². The number of carbonyl (C=O) groups excluding carboxylic acids is 1. The van der Waals surface area contributed by atoms with Gasteiger partial charge in [0.25, 0.3) is 0 Å². The predicted molar refractivity (Wildman–Crippen MR) is 74.4 cm³/mol. The van der Waals surface area contributed by atoms with Gasteiger partial charge in [-0.25, -0.2) is 0 Å². The van der Waals surface area contributed by atoms with Gasteiger partial charge in [-0.3, -0.25) is 9.69 Å². The van der Waals surface area contributed by atoms with Gasteiger partial charge in [-0.05, 0) is 17.7 Å². The van der Waals surface area contributed by atoms with E-state index in [2.05, 4.69) is 0 Å². The van der Waals surface area contributed by atoms with E-state index in [0.29, 0.717) is 36.0 Å². The van der Waals surface area contributed by atoms with Crippen LogP contribution >= 0.6 is 11.6 Å². The molecule has 1 N–H and O–H groups in total. The summed E-state index contributed by atoms with van der Waals surface area (Å²) in [5.41, 5.74) is 0.896.